The molecule has 1 saturated heterocycles. The van der Waals surface area contributed by atoms with Crippen molar-refractivity contribution in [3.8, 4) is 11.5 Å². The van der Waals surface area contributed by atoms with Crippen molar-refractivity contribution in [3.05, 3.63) is 21.7 Å². The first-order valence-corrected chi connectivity index (χ1v) is 7.47. The molecule has 5 nitrogen and oxygen atoms in total. The molecule has 0 saturated carbocycles. The zero-order valence-electron chi connectivity index (χ0n) is 16.9. The predicted molar refractivity (Wildman–Crippen MR) is 87.3 cm³/mol. The van der Waals surface area contributed by atoms with Crippen molar-refractivity contribution < 1.29 is 21.5 Å². The first-order chi connectivity index (χ1) is 12.4. The maximum absolute atomic E-state index is 12.6. The highest BCUT2D eigenvalue weighted by Crippen LogP contribution is 2.40. The van der Waals surface area contributed by atoms with Crippen molar-refractivity contribution in [3.63, 3.8) is 0 Å². The number of methoxy groups -OCH3 is 1. The number of hydrogen-bond donors (Lipinski definition) is 2. The number of rotatable bonds is 5. The first-order valence-electron chi connectivity index (χ1n) is 9.21. The summed E-state index contributed by atoms with van der Waals surface area (Å²) in [6.07, 6.45) is 1.13. The quantitative estimate of drug-likeness (QED) is 0.855. The third kappa shape index (κ3) is 3.42. The molecule has 0 bridgehead atoms. The Kier molecular flexibility index (Phi) is 3.83. The summed E-state index contributed by atoms with van der Waals surface area (Å²) in [6, 6.07) is 0.740. The maximum atomic E-state index is 12.6. The largest absolute Gasteiger partial charge is 0.505 e. The zero-order chi connectivity index (χ0) is 20.6. The average molecular weight is 352 g/mol. The zero-order valence-corrected chi connectivity index (χ0v) is 13.5. The summed E-state index contributed by atoms with van der Waals surface area (Å²) in [5.41, 5.74) is -0.238. The van der Waals surface area contributed by atoms with Crippen molar-refractivity contribution in [1.29, 1.82) is 0 Å². The Morgan fingerprint density at radius 1 is 1.64 bits per heavy atom. The molecule has 1 aliphatic rings. The molecule has 0 aromatic heterocycles. The summed E-state index contributed by atoms with van der Waals surface area (Å²) < 4.78 is 43.2. The van der Waals surface area contributed by atoms with Gasteiger partial charge < -0.3 is 15.2 Å². The van der Waals surface area contributed by atoms with Gasteiger partial charge in [0.15, 0.2) is 11.5 Å². The highest BCUT2D eigenvalue weighted by Gasteiger charge is 2.26. The minimum atomic E-state index is -2.82. The Bertz CT molecular complexity index is 730. The average Bonchev–Trinajstić information content (AvgIpc) is 3.03. The molecular weight excluding hydrogens is 327 g/mol. The minimum Gasteiger partial charge on any atom is -0.505 e. The number of carbonyl (C=O) groups is 1. The molecule has 1 aromatic rings. The fourth-order valence-electron chi connectivity index (χ4n) is 2.50. The molecule has 2 rings (SSSR count). The molecule has 1 amide bonds. The number of benzene rings is 1. The molecule has 0 unspecified atom stereocenters. The van der Waals surface area contributed by atoms with Crippen LogP contribution in [0.25, 0.3) is 0 Å². The van der Waals surface area contributed by atoms with Gasteiger partial charge in [-0.05, 0) is 31.9 Å². The van der Waals surface area contributed by atoms with Crippen LogP contribution < -0.4 is 10.1 Å². The van der Waals surface area contributed by atoms with Crippen LogP contribution in [0.4, 0.5) is 0 Å². The highest BCUT2D eigenvalue weighted by atomic mass is 35.5. The molecule has 1 aliphatic heterocycles. The van der Waals surface area contributed by atoms with E-state index in [1.807, 2.05) is 0 Å². The van der Waals surface area contributed by atoms with E-state index in [9.17, 15) is 9.90 Å². The number of nitrogens with one attached hydrogen (secondary N) is 1. The van der Waals surface area contributed by atoms with E-state index in [2.05, 4.69) is 5.32 Å². The number of amides is 1. The van der Waals surface area contributed by atoms with Crippen molar-refractivity contribution in [1.82, 2.24) is 10.2 Å². The lowest BCUT2D eigenvalue weighted by atomic mass is 10.1. The van der Waals surface area contributed by atoms with Crippen molar-refractivity contribution in [2.45, 2.75) is 25.7 Å². The van der Waals surface area contributed by atoms with Gasteiger partial charge >= 0.3 is 0 Å². The second kappa shape index (κ2) is 7.40. The number of hydrogen-bond acceptors (Lipinski definition) is 4. The molecule has 1 heterocycles. The van der Waals surface area contributed by atoms with Crippen LogP contribution in [0, 0.1) is 0 Å². The second-order valence-electron chi connectivity index (χ2n) is 4.91. The second-order valence-corrected chi connectivity index (χ2v) is 5.72. The molecule has 2 N–H and O–H groups in total. The summed E-state index contributed by atoms with van der Waals surface area (Å²) in [5.74, 6) is -1.25. The number of phenols is 1. The van der Waals surface area contributed by atoms with E-state index >= 15 is 0 Å². The van der Waals surface area contributed by atoms with Gasteiger partial charge in [-0.3, -0.25) is 9.69 Å². The van der Waals surface area contributed by atoms with Gasteiger partial charge in [-0.1, -0.05) is 30.1 Å². The topological polar surface area (TPSA) is 61.8 Å². The highest BCUT2D eigenvalue weighted by molar-refractivity contribution is 6.37. The molecule has 0 radical (unpaired) electrons. The van der Waals surface area contributed by atoms with Gasteiger partial charge in [-0.25, -0.2) is 0 Å². The molecule has 1 atom stereocenters. The summed E-state index contributed by atoms with van der Waals surface area (Å²) >= 11 is 11.9. The number of nitrogens with zero attached hydrogens (tertiary/aromatic N) is 1. The number of likely N-dealkylation sites (N-methyl/N-ethyl adjacent to an activating group) is 1. The van der Waals surface area contributed by atoms with Crippen LogP contribution in [0.2, 0.25) is 10.0 Å². The molecule has 1 aromatic carbocycles. The molecule has 0 spiro atoms. The van der Waals surface area contributed by atoms with Gasteiger partial charge in [-0.15, -0.1) is 0 Å². The summed E-state index contributed by atoms with van der Waals surface area (Å²) in [7, 11) is 1.29. The maximum Gasteiger partial charge on any atom is 0.259 e. The number of likely N-dealkylation sites (tertiary alicyclic amines) is 1. The van der Waals surface area contributed by atoms with Crippen LogP contribution in [0.3, 0.4) is 0 Å². The van der Waals surface area contributed by atoms with Gasteiger partial charge in [-0.2, -0.15) is 0 Å². The lowest BCUT2D eigenvalue weighted by molar-refractivity contribution is 0.0935. The van der Waals surface area contributed by atoms with E-state index in [0.717, 1.165) is 0 Å². The van der Waals surface area contributed by atoms with E-state index in [1.165, 1.54) is 18.1 Å². The van der Waals surface area contributed by atoms with Crippen LogP contribution in [0.5, 0.6) is 11.5 Å². The lowest BCUT2D eigenvalue weighted by Crippen LogP contribution is -2.40. The smallest absolute Gasteiger partial charge is 0.259 e. The minimum absolute atomic E-state index is 0.0127. The van der Waals surface area contributed by atoms with Gasteiger partial charge in [0.2, 0.25) is 0 Å². The molecule has 0 aliphatic carbocycles. The Hall–Kier alpha value is -1.17. The number of carbonyl (C=O) groups excluding carboxylic acids is 1. The first kappa shape index (κ1) is 11.4. The number of phenolic OH excluding ortho intramolecular Hbond substituents is 1. The molecule has 7 heteroatoms. The standard InChI is InChI=1S/C15H20Cl2N2O3/c1-3-19-6-4-5-9(19)8-18-15(21)12-13(20)10(16)7-11(17)14(12)22-2/h7,9,20H,3-6,8H2,1-2H3,(H,18,21)/t9-/m0/s1/i1D3,3D2. The van der Waals surface area contributed by atoms with Crippen molar-refractivity contribution >= 4 is 29.1 Å². The van der Waals surface area contributed by atoms with Gasteiger partial charge in [0.25, 0.3) is 5.91 Å². The van der Waals surface area contributed by atoms with Crippen LogP contribution in [-0.2, 0) is 0 Å². The number of halogens is 2. The van der Waals surface area contributed by atoms with E-state index in [0.29, 0.717) is 12.8 Å². The summed E-state index contributed by atoms with van der Waals surface area (Å²) in [5, 5.41) is 12.6. The lowest BCUT2D eigenvalue weighted by Gasteiger charge is -2.23. The molecule has 22 heavy (non-hydrogen) atoms. The van der Waals surface area contributed by atoms with Gasteiger partial charge in [0.05, 0.1) is 17.2 Å². The fourth-order valence-corrected chi connectivity index (χ4v) is 3.04. The monoisotopic (exact) mass is 351 g/mol. The van der Waals surface area contributed by atoms with Crippen LogP contribution >= 0.6 is 23.2 Å². The van der Waals surface area contributed by atoms with Crippen LogP contribution in [0.1, 0.15) is 36.9 Å². The Labute approximate surface area is 147 Å². The number of ether oxygens (including phenoxy) is 1. The fraction of sp³-hybridized carbons (Fsp3) is 0.533. The van der Waals surface area contributed by atoms with Gasteiger partial charge in [0, 0.05) is 19.4 Å². The molecule has 1 fully saturated rings. The van der Waals surface area contributed by atoms with E-state index in [1.54, 1.807) is 0 Å². The Morgan fingerprint density at radius 3 is 3.09 bits per heavy atom. The molecular formula is C15H20Cl2N2O3. The van der Waals surface area contributed by atoms with E-state index in [4.69, 9.17) is 34.8 Å². The Morgan fingerprint density at radius 2 is 2.41 bits per heavy atom. The van der Waals surface area contributed by atoms with Crippen LogP contribution in [-0.4, -0.2) is 48.7 Å². The van der Waals surface area contributed by atoms with Gasteiger partial charge in [0.1, 0.15) is 5.56 Å². The Balaban J connectivity index is 2.19. The summed E-state index contributed by atoms with van der Waals surface area (Å²) in [6.45, 7) is -5.08. The third-order valence-electron chi connectivity index (χ3n) is 3.61. The SMILES string of the molecule is [2H]C([2H])([2H])C([2H])([2H])N1CCC[C@H]1CNC(=O)c1c(O)c(Cl)cc(Cl)c1OC. The van der Waals surface area contributed by atoms with E-state index in [-0.39, 0.29) is 34.4 Å². The predicted octanol–water partition coefficient (Wildman–Crippen LogP) is 2.92. The third-order valence-corrected chi connectivity index (χ3v) is 4.18. The van der Waals surface area contributed by atoms with Crippen molar-refractivity contribution in [2.75, 3.05) is 26.7 Å². The number of aromatic hydroxyl groups is 1. The molecule has 122 valence electrons. The van der Waals surface area contributed by atoms with Crippen molar-refractivity contribution in [2.24, 2.45) is 0 Å². The van der Waals surface area contributed by atoms with E-state index < -0.39 is 31.0 Å². The summed E-state index contributed by atoms with van der Waals surface area (Å²) in [4.78, 5) is 13.8. The van der Waals surface area contributed by atoms with Crippen LogP contribution in [0.15, 0.2) is 6.07 Å². The normalized spacial score (nSPS) is 23.0.